The highest BCUT2D eigenvalue weighted by Gasteiger charge is 2.32. The fourth-order valence-corrected chi connectivity index (χ4v) is 3.86. The molecule has 3 rings (SSSR count). The van der Waals surface area contributed by atoms with E-state index in [9.17, 15) is 4.79 Å². The maximum atomic E-state index is 12.8. The molecule has 1 atom stereocenters. The van der Waals surface area contributed by atoms with E-state index >= 15 is 0 Å². The quantitative estimate of drug-likeness (QED) is 0.655. The molecule has 0 N–H and O–H groups in total. The third-order valence-corrected chi connectivity index (χ3v) is 5.53. The molecule has 5 heteroatoms. The Labute approximate surface area is 173 Å². The second-order valence-corrected chi connectivity index (χ2v) is 7.32. The first-order chi connectivity index (χ1) is 14.1. The molecule has 29 heavy (non-hydrogen) atoms. The maximum Gasteiger partial charge on any atom is 0.223 e. The monoisotopic (exact) mass is 397 g/mol. The Bertz CT molecular complexity index is 832. The Balaban J connectivity index is 1.90. The van der Waals surface area contributed by atoms with Crippen LogP contribution in [0.4, 0.5) is 0 Å². The van der Waals surface area contributed by atoms with Crippen molar-refractivity contribution in [2.45, 2.75) is 45.6 Å². The van der Waals surface area contributed by atoms with Crippen LogP contribution in [0.1, 0.15) is 49.4 Å². The van der Waals surface area contributed by atoms with Crippen molar-refractivity contribution >= 4 is 5.91 Å². The highest BCUT2D eigenvalue weighted by atomic mass is 16.5. The minimum absolute atomic E-state index is 0.150. The first kappa shape index (κ1) is 21.0. The molecule has 2 aromatic rings. The largest absolute Gasteiger partial charge is 0.493 e. The van der Waals surface area contributed by atoms with Crippen LogP contribution < -0.4 is 14.2 Å². The van der Waals surface area contributed by atoms with Crippen LogP contribution in [0.5, 0.6) is 17.2 Å². The zero-order valence-corrected chi connectivity index (χ0v) is 17.9. The number of carbonyl (C=O) groups is 1. The van der Waals surface area contributed by atoms with Gasteiger partial charge in [0, 0.05) is 13.0 Å². The number of benzene rings is 2. The van der Waals surface area contributed by atoms with Crippen molar-refractivity contribution in [2.75, 3.05) is 27.4 Å². The number of ether oxygens (including phenoxy) is 3. The van der Waals surface area contributed by atoms with Crippen LogP contribution in [0.2, 0.25) is 0 Å². The lowest BCUT2D eigenvalue weighted by atomic mass is 9.91. The molecule has 0 saturated heterocycles. The molecule has 0 aliphatic carbocycles. The van der Waals surface area contributed by atoms with Crippen LogP contribution in [0.3, 0.4) is 0 Å². The SMILES string of the molecule is CCCC(=O)N1CCc2cc(OC)c(OC)cc2[C@@H]1COc1ccc(CC)cc1. The van der Waals surface area contributed by atoms with E-state index in [0.717, 1.165) is 36.3 Å². The molecule has 0 spiro atoms. The van der Waals surface area contributed by atoms with Gasteiger partial charge in [-0.05, 0) is 60.2 Å². The summed E-state index contributed by atoms with van der Waals surface area (Å²) in [6.45, 7) is 5.26. The highest BCUT2D eigenvalue weighted by molar-refractivity contribution is 5.77. The lowest BCUT2D eigenvalue weighted by Gasteiger charge is -2.37. The van der Waals surface area contributed by atoms with E-state index in [1.165, 1.54) is 11.1 Å². The average Bonchev–Trinajstić information content (AvgIpc) is 2.76. The third-order valence-electron chi connectivity index (χ3n) is 5.53. The summed E-state index contributed by atoms with van der Waals surface area (Å²) in [7, 11) is 3.28. The molecule has 0 radical (unpaired) electrons. The summed E-state index contributed by atoms with van der Waals surface area (Å²) in [5.41, 5.74) is 3.53. The highest BCUT2D eigenvalue weighted by Crippen LogP contribution is 2.38. The van der Waals surface area contributed by atoms with Crippen molar-refractivity contribution in [3.8, 4) is 17.2 Å². The van der Waals surface area contributed by atoms with Crippen molar-refractivity contribution in [3.05, 3.63) is 53.1 Å². The van der Waals surface area contributed by atoms with E-state index in [2.05, 4.69) is 19.1 Å². The van der Waals surface area contributed by atoms with Crippen molar-refractivity contribution < 1.29 is 19.0 Å². The van der Waals surface area contributed by atoms with E-state index in [1.807, 2.05) is 36.1 Å². The zero-order valence-electron chi connectivity index (χ0n) is 17.9. The van der Waals surface area contributed by atoms with Gasteiger partial charge >= 0.3 is 0 Å². The first-order valence-corrected chi connectivity index (χ1v) is 10.4. The average molecular weight is 398 g/mol. The number of methoxy groups -OCH3 is 2. The Morgan fingerprint density at radius 1 is 1.07 bits per heavy atom. The number of carbonyl (C=O) groups excluding carboxylic acids is 1. The van der Waals surface area contributed by atoms with Gasteiger partial charge in [-0.1, -0.05) is 26.0 Å². The Kier molecular flexibility index (Phi) is 7.02. The van der Waals surface area contributed by atoms with E-state index in [-0.39, 0.29) is 11.9 Å². The van der Waals surface area contributed by atoms with Crippen molar-refractivity contribution in [1.29, 1.82) is 0 Å². The number of aryl methyl sites for hydroxylation is 1. The van der Waals surface area contributed by atoms with Gasteiger partial charge in [-0.25, -0.2) is 0 Å². The molecule has 0 unspecified atom stereocenters. The summed E-state index contributed by atoms with van der Waals surface area (Å²) < 4.78 is 17.1. The number of hydrogen-bond donors (Lipinski definition) is 0. The van der Waals surface area contributed by atoms with Crippen LogP contribution in [0.25, 0.3) is 0 Å². The van der Waals surface area contributed by atoms with E-state index in [4.69, 9.17) is 14.2 Å². The summed E-state index contributed by atoms with van der Waals surface area (Å²) >= 11 is 0. The maximum absolute atomic E-state index is 12.8. The fourth-order valence-electron chi connectivity index (χ4n) is 3.86. The number of hydrogen-bond acceptors (Lipinski definition) is 4. The Morgan fingerprint density at radius 3 is 2.38 bits per heavy atom. The smallest absolute Gasteiger partial charge is 0.223 e. The minimum Gasteiger partial charge on any atom is -0.493 e. The second-order valence-electron chi connectivity index (χ2n) is 7.32. The molecule has 0 saturated carbocycles. The second kappa shape index (κ2) is 9.68. The van der Waals surface area contributed by atoms with Gasteiger partial charge in [0.05, 0.1) is 20.3 Å². The summed E-state index contributed by atoms with van der Waals surface area (Å²) in [4.78, 5) is 14.8. The zero-order chi connectivity index (χ0) is 20.8. The molecule has 1 aliphatic rings. The first-order valence-electron chi connectivity index (χ1n) is 10.4. The van der Waals surface area contributed by atoms with Crippen LogP contribution in [-0.4, -0.2) is 38.2 Å². The molecular formula is C24H31NO4. The number of fused-ring (bicyclic) bond motifs is 1. The van der Waals surface area contributed by atoms with Gasteiger partial charge in [-0.3, -0.25) is 4.79 Å². The third kappa shape index (κ3) is 4.66. The van der Waals surface area contributed by atoms with Gasteiger partial charge < -0.3 is 19.1 Å². The molecule has 1 amide bonds. The van der Waals surface area contributed by atoms with Crippen LogP contribution >= 0.6 is 0 Å². The van der Waals surface area contributed by atoms with Crippen LogP contribution in [0, 0.1) is 0 Å². The fraction of sp³-hybridized carbons (Fsp3) is 0.458. The molecule has 1 heterocycles. The number of nitrogens with zero attached hydrogens (tertiary/aromatic N) is 1. The normalized spacial score (nSPS) is 15.6. The molecule has 5 nitrogen and oxygen atoms in total. The van der Waals surface area contributed by atoms with Crippen LogP contribution in [-0.2, 0) is 17.6 Å². The van der Waals surface area contributed by atoms with Gasteiger partial charge in [0.2, 0.25) is 5.91 Å². The molecular weight excluding hydrogens is 366 g/mol. The summed E-state index contributed by atoms with van der Waals surface area (Å²) in [5, 5.41) is 0. The summed E-state index contributed by atoms with van der Waals surface area (Å²) in [6.07, 6.45) is 3.18. The Hall–Kier alpha value is -2.69. The van der Waals surface area contributed by atoms with E-state index in [1.54, 1.807) is 14.2 Å². The topological polar surface area (TPSA) is 48.0 Å². The molecule has 0 fully saturated rings. The molecule has 156 valence electrons. The predicted octanol–water partition coefficient (Wildman–Crippen LogP) is 4.57. The molecule has 2 aromatic carbocycles. The minimum atomic E-state index is -0.150. The van der Waals surface area contributed by atoms with Gasteiger partial charge in [-0.15, -0.1) is 0 Å². The summed E-state index contributed by atoms with van der Waals surface area (Å²) in [6, 6.07) is 12.0. The van der Waals surface area contributed by atoms with Crippen molar-refractivity contribution in [1.82, 2.24) is 4.90 Å². The molecule has 1 aliphatic heterocycles. The lowest BCUT2D eigenvalue weighted by molar-refractivity contribution is -0.135. The lowest BCUT2D eigenvalue weighted by Crippen LogP contribution is -2.42. The van der Waals surface area contributed by atoms with Crippen molar-refractivity contribution in [2.24, 2.45) is 0 Å². The van der Waals surface area contributed by atoms with Crippen molar-refractivity contribution in [3.63, 3.8) is 0 Å². The van der Waals surface area contributed by atoms with E-state index < -0.39 is 0 Å². The standard InChI is InChI=1S/C24H31NO4/c1-5-7-24(26)25-13-12-18-14-22(27-3)23(28-4)15-20(18)21(25)16-29-19-10-8-17(6-2)9-11-19/h8-11,14-15,21H,5-7,12-13,16H2,1-4H3/t21-/m0/s1. The van der Waals surface area contributed by atoms with E-state index in [0.29, 0.717) is 25.3 Å². The van der Waals surface area contributed by atoms with Gasteiger partial charge in [0.15, 0.2) is 11.5 Å². The molecule has 0 aromatic heterocycles. The van der Waals surface area contributed by atoms with Crippen LogP contribution in [0.15, 0.2) is 36.4 Å². The number of amides is 1. The number of rotatable bonds is 8. The summed E-state index contributed by atoms with van der Waals surface area (Å²) in [5.74, 6) is 2.38. The van der Waals surface area contributed by atoms with Gasteiger partial charge in [-0.2, -0.15) is 0 Å². The molecule has 0 bridgehead atoms. The predicted molar refractivity (Wildman–Crippen MR) is 114 cm³/mol. The Morgan fingerprint density at radius 2 is 1.76 bits per heavy atom. The van der Waals surface area contributed by atoms with Gasteiger partial charge in [0.25, 0.3) is 0 Å². The van der Waals surface area contributed by atoms with Gasteiger partial charge in [0.1, 0.15) is 12.4 Å².